The summed E-state index contributed by atoms with van der Waals surface area (Å²) in [7, 11) is 0. The highest BCUT2D eigenvalue weighted by molar-refractivity contribution is 5.92. The fourth-order valence-electron chi connectivity index (χ4n) is 2.97. The van der Waals surface area contributed by atoms with Crippen molar-refractivity contribution in [3.05, 3.63) is 29.6 Å². The van der Waals surface area contributed by atoms with Crippen LogP contribution < -0.4 is 0 Å². The molecule has 4 rings (SSSR count). The van der Waals surface area contributed by atoms with E-state index in [9.17, 15) is 15.0 Å². The minimum Gasteiger partial charge on any atom is -0.478 e. The molecule has 2 fully saturated rings. The number of imidazole rings is 1. The van der Waals surface area contributed by atoms with Gasteiger partial charge >= 0.3 is 5.97 Å². The Balaban J connectivity index is 1.85. The number of carbonyl (C=O) groups is 1. The van der Waals surface area contributed by atoms with Gasteiger partial charge in [0.25, 0.3) is 0 Å². The molecule has 0 amide bonds. The molecular weight excluding hydrogens is 268 g/mol. The van der Waals surface area contributed by atoms with E-state index < -0.39 is 5.97 Å². The second-order valence-electron chi connectivity index (χ2n) is 6.50. The van der Waals surface area contributed by atoms with E-state index in [0.29, 0.717) is 11.5 Å². The van der Waals surface area contributed by atoms with E-state index in [4.69, 9.17) is 4.98 Å². The fourth-order valence-corrected chi connectivity index (χ4v) is 2.97. The van der Waals surface area contributed by atoms with Gasteiger partial charge in [0, 0.05) is 17.9 Å². The average Bonchev–Trinajstić information content (AvgIpc) is 3.39. The predicted octanol–water partition coefficient (Wildman–Crippen LogP) is 2.38. The van der Waals surface area contributed by atoms with E-state index in [1.165, 1.54) is 0 Å². The molecule has 0 radical (unpaired) electrons. The normalized spacial score (nSPS) is 19.9. The molecule has 5 heteroatoms. The van der Waals surface area contributed by atoms with Crippen LogP contribution in [-0.2, 0) is 6.54 Å². The Morgan fingerprint density at radius 3 is 2.71 bits per heavy atom. The summed E-state index contributed by atoms with van der Waals surface area (Å²) in [6, 6.07) is 5.11. The molecule has 0 atom stereocenters. The summed E-state index contributed by atoms with van der Waals surface area (Å²) >= 11 is 0. The van der Waals surface area contributed by atoms with Crippen LogP contribution in [0.15, 0.2) is 18.2 Å². The highest BCUT2D eigenvalue weighted by Gasteiger charge is 2.44. The van der Waals surface area contributed by atoms with Crippen LogP contribution in [0, 0.1) is 5.41 Å². The molecule has 1 heterocycles. The van der Waals surface area contributed by atoms with E-state index in [1.807, 2.05) is 0 Å². The van der Waals surface area contributed by atoms with Gasteiger partial charge in [-0.2, -0.15) is 0 Å². The molecule has 0 unspecified atom stereocenters. The lowest BCUT2D eigenvalue weighted by atomic mass is 10.1. The maximum Gasteiger partial charge on any atom is 0.335 e. The summed E-state index contributed by atoms with van der Waals surface area (Å²) in [5.74, 6) is 0.647. The molecule has 2 N–H and O–H groups in total. The molecule has 2 aliphatic rings. The first-order valence-corrected chi connectivity index (χ1v) is 7.46. The van der Waals surface area contributed by atoms with Crippen molar-refractivity contribution in [3.8, 4) is 0 Å². The van der Waals surface area contributed by atoms with Crippen molar-refractivity contribution in [2.24, 2.45) is 5.41 Å². The fraction of sp³-hybridized carbons (Fsp3) is 0.500. The Hall–Kier alpha value is -1.88. The number of aromatic nitrogens is 2. The number of aliphatic hydroxyl groups excluding tert-OH is 1. The maximum atomic E-state index is 11.2. The molecule has 110 valence electrons. The molecule has 0 spiro atoms. The minimum absolute atomic E-state index is 0.0174. The molecule has 5 nitrogen and oxygen atoms in total. The van der Waals surface area contributed by atoms with Crippen LogP contribution >= 0.6 is 0 Å². The molecule has 21 heavy (non-hydrogen) atoms. The SMILES string of the molecule is O=C(O)c1ccc2nc(C3CC3)n(CC3(CO)CC3)c2c1. The summed E-state index contributed by atoms with van der Waals surface area (Å²) in [6.07, 6.45) is 4.38. The van der Waals surface area contributed by atoms with Crippen LogP contribution in [0.25, 0.3) is 11.0 Å². The van der Waals surface area contributed by atoms with E-state index in [2.05, 4.69) is 4.57 Å². The first-order chi connectivity index (χ1) is 10.1. The Labute approximate surface area is 122 Å². The van der Waals surface area contributed by atoms with Gasteiger partial charge < -0.3 is 14.8 Å². The third-order valence-electron chi connectivity index (χ3n) is 4.75. The van der Waals surface area contributed by atoms with Crippen LogP contribution in [0.5, 0.6) is 0 Å². The monoisotopic (exact) mass is 286 g/mol. The number of carboxylic acids is 1. The van der Waals surface area contributed by atoms with Gasteiger partial charge in [0.1, 0.15) is 5.82 Å². The Morgan fingerprint density at radius 1 is 1.38 bits per heavy atom. The zero-order chi connectivity index (χ0) is 14.6. The molecule has 1 aromatic carbocycles. The highest BCUT2D eigenvalue weighted by Crippen LogP contribution is 2.49. The van der Waals surface area contributed by atoms with Crippen molar-refractivity contribution >= 4 is 17.0 Å². The van der Waals surface area contributed by atoms with Gasteiger partial charge in [-0.3, -0.25) is 0 Å². The van der Waals surface area contributed by atoms with Gasteiger partial charge in [-0.1, -0.05) is 0 Å². The van der Waals surface area contributed by atoms with E-state index in [-0.39, 0.29) is 12.0 Å². The molecule has 2 aromatic rings. The Kier molecular flexibility index (Phi) is 2.63. The molecule has 2 saturated carbocycles. The number of benzene rings is 1. The van der Waals surface area contributed by atoms with Gasteiger partial charge in [-0.15, -0.1) is 0 Å². The van der Waals surface area contributed by atoms with Gasteiger partial charge in [-0.05, 0) is 43.9 Å². The highest BCUT2D eigenvalue weighted by atomic mass is 16.4. The smallest absolute Gasteiger partial charge is 0.335 e. The molecule has 1 aromatic heterocycles. The number of fused-ring (bicyclic) bond motifs is 1. The third kappa shape index (κ3) is 2.12. The molecule has 0 aliphatic heterocycles. The predicted molar refractivity (Wildman–Crippen MR) is 77.4 cm³/mol. The lowest BCUT2D eigenvalue weighted by Gasteiger charge is -2.16. The van der Waals surface area contributed by atoms with Crippen LogP contribution in [0.2, 0.25) is 0 Å². The lowest BCUT2D eigenvalue weighted by Crippen LogP contribution is -2.17. The van der Waals surface area contributed by atoms with Crippen LogP contribution in [0.1, 0.15) is 47.8 Å². The number of hydrogen-bond acceptors (Lipinski definition) is 3. The van der Waals surface area contributed by atoms with Crippen molar-refractivity contribution < 1.29 is 15.0 Å². The Bertz CT molecular complexity index is 726. The van der Waals surface area contributed by atoms with Crippen LogP contribution in [-0.4, -0.2) is 32.3 Å². The molecule has 2 aliphatic carbocycles. The zero-order valence-corrected chi connectivity index (χ0v) is 11.7. The van der Waals surface area contributed by atoms with Gasteiger partial charge in [0.05, 0.1) is 23.2 Å². The summed E-state index contributed by atoms with van der Waals surface area (Å²) in [5.41, 5.74) is 2.02. The van der Waals surface area contributed by atoms with Crippen LogP contribution in [0.4, 0.5) is 0 Å². The number of nitrogens with zero attached hydrogens (tertiary/aromatic N) is 2. The first kappa shape index (κ1) is 12.8. The van der Waals surface area contributed by atoms with Gasteiger partial charge in [-0.25, -0.2) is 9.78 Å². The second kappa shape index (κ2) is 4.31. The summed E-state index contributed by atoms with van der Waals surface area (Å²) in [6.45, 7) is 0.935. The van der Waals surface area contributed by atoms with Crippen molar-refractivity contribution in [3.63, 3.8) is 0 Å². The Morgan fingerprint density at radius 2 is 2.14 bits per heavy atom. The minimum atomic E-state index is -0.916. The summed E-state index contributed by atoms with van der Waals surface area (Å²) < 4.78 is 2.16. The second-order valence-corrected chi connectivity index (χ2v) is 6.50. The number of hydrogen-bond donors (Lipinski definition) is 2. The van der Waals surface area contributed by atoms with Crippen molar-refractivity contribution in [2.75, 3.05) is 6.61 Å². The molecule has 0 bridgehead atoms. The molecular formula is C16H18N2O3. The first-order valence-electron chi connectivity index (χ1n) is 7.46. The number of rotatable bonds is 5. The van der Waals surface area contributed by atoms with Crippen molar-refractivity contribution in [1.82, 2.24) is 9.55 Å². The van der Waals surface area contributed by atoms with E-state index in [1.54, 1.807) is 18.2 Å². The summed E-state index contributed by atoms with van der Waals surface area (Å²) in [4.78, 5) is 15.9. The standard InChI is InChI=1S/C16H18N2O3/c19-9-16(5-6-16)8-18-13-7-11(15(20)21)3-4-12(13)17-14(18)10-1-2-10/h3-4,7,10,19H,1-2,5-6,8-9H2,(H,20,21). The summed E-state index contributed by atoms with van der Waals surface area (Å²) in [5, 5.41) is 18.8. The van der Waals surface area contributed by atoms with E-state index >= 15 is 0 Å². The van der Waals surface area contributed by atoms with Gasteiger partial charge in [0.15, 0.2) is 0 Å². The average molecular weight is 286 g/mol. The lowest BCUT2D eigenvalue weighted by molar-refractivity contribution is 0.0697. The maximum absolute atomic E-state index is 11.2. The quantitative estimate of drug-likeness (QED) is 0.885. The van der Waals surface area contributed by atoms with E-state index in [0.717, 1.165) is 49.1 Å². The number of aromatic carboxylic acids is 1. The van der Waals surface area contributed by atoms with Gasteiger partial charge in [0.2, 0.25) is 0 Å². The van der Waals surface area contributed by atoms with Crippen LogP contribution in [0.3, 0.4) is 0 Å². The topological polar surface area (TPSA) is 75.3 Å². The van der Waals surface area contributed by atoms with Crippen molar-refractivity contribution in [1.29, 1.82) is 0 Å². The third-order valence-corrected chi connectivity index (χ3v) is 4.75. The number of carboxylic acid groups (broad SMARTS) is 1. The number of aliphatic hydroxyl groups is 1. The van der Waals surface area contributed by atoms with Crippen molar-refractivity contribution in [2.45, 2.75) is 38.1 Å². The zero-order valence-electron chi connectivity index (χ0n) is 11.7. The largest absolute Gasteiger partial charge is 0.478 e. The molecule has 0 saturated heterocycles.